The fraction of sp³-hybridized carbons (Fsp3) is 0.667. The first-order chi connectivity index (χ1) is 8.63. The lowest BCUT2D eigenvalue weighted by molar-refractivity contribution is -0.138. The summed E-state index contributed by atoms with van der Waals surface area (Å²) in [5.74, 6) is -0.861. The molecule has 0 bridgehead atoms. The molecular formula is C12H19NO5. The van der Waals surface area contributed by atoms with E-state index in [1.54, 1.807) is 4.90 Å². The Morgan fingerprint density at radius 3 is 2.61 bits per heavy atom. The molecule has 1 rings (SSSR count). The van der Waals surface area contributed by atoms with Gasteiger partial charge in [-0.15, -0.1) is 0 Å². The van der Waals surface area contributed by atoms with Crippen molar-refractivity contribution in [2.75, 3.05) is 26.3 Å². The van der Waals surface area contributed by atoms with Crippen molar-refractivity contribution in [2.45, 2.75) is 25.4 Å². The number of nitrogens with zero attached hydrogens (tertiary/aromatic N) is 1. The van der Waals surface area contributed by atoms with Crippen LogP contribution in [0, 0.1) is 0 Å². The second-order valence-electron chi connectivity index (χ2n) is 4.07. The normalized spacial score (nSPS) is 16.3. The Bertz CT molecular complexity index is 297. The van der Waals surface area contributed by atoms with Gasteiger partial charge in [0.1, 0.15) is 6.61 Å². The number of piperidine rings is 1. The predicted octanol–water partition coefficient (Wildman–Crippen LogP) is 1.26. The average Bonchev–Trinajstić information content (AvgIpc) is 2.36. The van der Waals surface area contributed by atoms with Gasteiger partial charge in [0.15, 0.2) is 0 Å². The van der Waals surface area contributed by atoms with Crippen LogP contribution < -0.4 is 0 Å². The van der Waals surface area contributed by atoms with Crippen LogP contribution in [0.1, 0.15) is 19.3 Å². The van der Waals surface area contributed by atoms with Crippen LogP contribution in [0.15, 0.2) is 12.7 Å². The van der Waals surface area contributed by atoms with Crippen molar-refractivity contribution < 1.29 is 24.2 Å². The molecule has 1 amide bonds. The molecule has 0 spiro atoms. The van der Waals surface area contributed by atoms with Gasteiger partial charge in [0.2, 0.25) is 0 Å². The fourth-order valence-corrected chi connectivity index (χ4v) is 1.74. The van der Waals surface area contributed by atoms with Crippen LogP contribution in [0.2, 0.25) is 0 Å². The van der Waals surface area contributed by atoms with Gasteiger partial charge in [-0.3, -0.25) is 4.79 Å². The quantitative estimate of drug-likeness (QED) is 0.725. The van der Waals surface area contributed by atoms with Crippen LogP contribution in [0.25, 0.3) is 0 Å². The van der Waals surface area contributed by atoms with E-state index in [2.05, 4.69) is 6.58 Å². The molecule has 6 nitrogen and oxygen atoms in total. The summed E-state index contributed by atoms with van der Waals surface area (Å²) in [7, 11) is 0. The van der Waals surface area contributed by atoms with E-state index < -0.39 is 5.97 Å². The highest BCUT2D eigenvalue weighted by Crippen LogP contribution is 2.14. The van der Waals surface area contributed by atoms with Gasteiger partial charge in [-0.05, 0) is 12.8 Å². The van der Waals surface area contributed by atoms with Crippen molar-refractivity contribution >= 4 is 12.1 Å². The average molecular weight is 257 g/mol. The third kappa shape index (κ3) is 5.18. The number of aliphatic carboxylic acids is 1. The number of likely N-dealkylation sites (tertiary alicyclic amines) is 1. The van der Waals surface area contributed by atoms with E-state index in [0.717, 1.165) is 0 Å². The van der Waals surface area contributed by atoms with Gasteiger partial charge in [0.25, 0.3) is 0 Å². The summed E-state index contributed by atoms with van der Waals surface area (Å²) in [6, 6.07) is 0. The topological polar surface area (TPSA) is 76.1 Å². The van der Waals surface area contributed by atoms with Crippen molar-refractivity contribution in [2.24, 2.45) is 0 Å². The van der Waals surface area contributed by atoms with Crippen LogP contribution in [0.5, 0.6) is 0 Å². The highest BCUT2D eigenvalue weighted by Gasteiger charge is 2.23. The van der Waals surface area contributed by atoms with Crippen molar-refractivity contribution in [3.8, 4) is 0 Å². The van der Waals surface area contributed by atoms with E-state index in [4.69, 9.17) is 14.6 Å². The van der Waals surface area contributed by atoms with Gasteiger partial charge in [0, 0.05) is 13.1 Å². The molecule has 1 fully saturated rings. The zero-order chi connectivity index (χ0) is 13.4. The Hall–Kier alpha value is -1.56. The summed E-state index contributed by atoms with van der Waals surface area (Å²) in [4.78, 5) is 23.5. The van der Waals surface area contributed by atoms with Crippen LogP contribution in [0.4, 0.5) is 4.79 Å². The lowest BCUT2D eigenvalue weighted by atomic mass is 10.1. The smallest absolute Gasteiger partial charge is 0.410 e. The lowest BCUT2D eigenvalue weighted by Gasteiger charge is -2.31. The van der Waals surface area contributed by atoms with E-state index in [1.165, 1.54) is 6.08 Å². The third-order valence-electron chi connectivity index (χ3n) is 2.69. The van der Waals surface area contributed by atoms with Gasteiger partial charge < -0.3 is 19.5 Å². The Kier molecular flexibility index (Phi) is 6.21. The number of carbonyl (C=O) groups excluding carboxylic acids is 1. The number of hydrogen-bond acceptors (Lipinski definition) is 4. The van der Waals surface area contributed by atoms with Crippen LogP contribution >= 0.6 is 0 Å². The zero-order valence-corrected chi connectivity index (χ0v) is 10.3. The van der Waals surface area contributed by atoms with Gasteiger partial charge >= 0.3 is 12.1 Å². The van der Waals surface area contributed by atoms with Gasteiger partial charge in [-0.25, -0.2) is 4.79 Å². The summed E-state index contributed by atoms with van der Waals surface area (Å²) >= 11 is 0. The number of rotatable bonds is 6. The van der Waals surface area contributed by atoms with Crippen molar-refractivity contribution in [3.05, 3.63) is 12.7 Å². The highest BCUT2D eigenvalue weighted by atomic mass is 16.6. The number of carboxylic acids is 1. The molecule has 6 heteroatoms. The van der Waals surface area contributed by atoms with E-state index in [9.17, 15) is 9.59 Å². The molecule has 1 aliphatic rings. The van der Waals surface area contributed by atoms with E-state index in [1.807, 2.05) is 0 Å². The molecule has 1 heterocycles. The maximum Gasteiger partial charge on any atom is 0.410 e. The summed E-state index contributed by atoms with van der Waals surface area (Å²) < 4.78 is 10.4. The first-order valence-electron chi connectivity index (χ1n) is 5.99. The Labute approximate surface area is 106 Å². The number of hydrogen-bond donors (Lipinski definition) is 1. The van der Waals surface area contributed by atoms with Crippen molar-refractivity contribution in [1.82, 2.24) is 4.90 Å². The molecule has 18 heavy (non-hydrogen) atoms. The maximum atomic E-state index is 11.5. The van der Waals surface area contributed by atoms with Gasteiger partial charge in [0.05, 0.1) is 19.1 Å². The summed E-state index contributed by atoms with van der Waals surface area (Å²) in [6.07, 6.45) is 2.67. The molecule has 0 aliphatic carbocycles. The molecule has 1 aliphatic heterocycles. The molecule has 1 N–H and O–H groups in total. The second kappa shape index (κ2) is 7.71. The Balaban J connectivity index is 2.17. The van der Waals surface area contributed by atoms with Crippen molar-refractivity contribution in [3.63, 3.8) is 0 Å². The zero-order valence-electron chi connectivity index (χ0n) is 10.3. The van der Waals surface area contributed by atoms with Gasteiger partial charge in [-0.1, -0.05) is 12.7 Å². The Morgan fingerprint density at radius 1 is 1.39 bits per heavy atom. The minimum Gasteiger partial charge on any atom is -0.481 e. The predicted molar refractivity (Wildman–Crippen MR) is 64.3 cm³/mol. The van der Waals surface area contributed by atoms with E-state index in [-0.39, 0.29) is 31.8 Å². The number of carboxylic acid groups (broad SMARTS) is 1. The molecule has 0 aromatic rings. The number of amides is 1. The molecule has 102 valence electrons. The molecule has 0 atom stereocenters. The molecule has 1 saturated heterocycles. The standard InChI is InChI=1S/C12H19NO5/c1-2-8-18-12(16)13-6-3-10(4-7-13)17-9-5-11(14)15/h2,10H,1,3-9H2,(H,14,15). The number of ether oxygens (including phenoxy) is 2. The maximum absolute atomic E-state index is 11.5. The van der Waals surface area contributed by atoms with Gasteiger partial charge in [-0.2, -0.15) is 0 Å². The number of carbonyl (C=O) groups is 2. The highest BCUT2D eigenvalue weighted by molar-refractivity contribution is 5.67. The second-order valence-corrected chi connectivity index (χ2v) is 4.07. The minimum atomic E-state index is -0.861. The molecule has 0 saturated carbocycles. The summed E-state index contributed by atoms with van der Waals surface area (Å²) in [5.41, 5.74) is 0. The minimum absolute atomic E-state index is 0.0155. The molecule has 0 aromatic carbocycles. The first-order valence-corrected chi connectivity index (χ1v) is 5.99. The summed E-state index contributed by atoms with van der Waals surface area (Å²) in [5, 5.41) is 8.48. The first kappa shape index (κ1) is 14.5. The largest absolute Gasteiger partial charge is 0.481 e. The van der Waals surface area contributed by atoms with E-state index >= 15 is 0 Å². The molecule has 0 aromatic heterocycles. The molecular weight excluding hydrogens is 238 g/mol. The van der Waals surface area contributed by atoms with Crippen LogP contribution in [-0.4, -0.2) is 54.5 Å². The Morgan fingerprint density at radius 2 is 2.06 bits per heavy atom. The monoisotopic (exact) mass is 257 g/mol. The molecule has 0 radical (unpaired) electrons. The third-order valence-corrected chi connectivity index (χ3v) is 2.69. The SMILES string of the molecule is C=CCOC(=O)N1CCC(OCCC(=O)O)CC1. The van der Waals surface area contributed by atoms with Crippen molar-refractivity contribution in [1.29, 1.82) is 0 Å². The fourth-order valence-electron chi connectivity index (χ4n) is 1.74. The lowest BCUT2D eigenvalue weighted by Crippen LogP contribution is -2.41. The van der Waals surface area contributed by atoms with Crippen LogP contribution in [-0.2, 0) is 14.3 Å². The summed E-state index contributed by atoms with van der Waals surface area (Å²) in [6.45, 7) is 5.07. The van der Waals surface area contributed by atoms with Crippen LogP contribution in [0.3, 0.4) is 0 Å². The van der Waals surface area contributed by atoms with E-state index in [0.29, 0.717) is 25.9 Å². The molecule has 0 unspecified atom stereocenters.